The Morgan fingerprint density at radius 2 is 2.04 bits per heavy atom. The molecule has 1 aromatic carbocycles. The molecule has 0 radical (unpaired) electrons. The predicted octanol–water partition coefficient (Wildman–Crippen LogP) is 3.64. The van der Waals surface area contributed by atoms with E-state index in [1.807, 2.05) is 0 Å². The van der Waals surface area contributed by atoms with Gasteiger partial charge in [0.25, 0.3) is 0 Å². The van der Waals surface area contributed by atoms with Crippen LogP contribution in [0.1, 0.15) is 28.3 Å². The first-order valence-electron chi connectivity index (χ1n) is 8.18. The third-order valence-corrected chi connectivity index (χ3v) is 3.92. The number of fused-ring (bicyclic) bond motifs is 1. The zero-order valence-corrected chi connectivity index (χ0v) is 15.3. The van der Waals surface area contributed by atoms with Crippen LogP contribution >= 0.6 is 11.6 Å². The van der Waals surface area contributed by atoms with Gasteiger partial charge in [-0.25, -0.2) is 9.59 Å². The largest absolute Gasteiger partial charge is 0.489 e. The van der Waals surface area contributed by atoms with Crippen LogP contribution in [0.25, 0.3) is 6.08 Å². The van der Waals surface area contributed by atoms with Crippen molar-refractivity contribution in [3.8, 4) is 11.5 Å². The van der Waals surface area contributed by atoms with E-state index in [0.29, 0.717) is 41.1 Å². The first-order chi connectivity index (χ1) is 13.1. The first kappa shape index (κ1) is 18.8. The Morgan fingerprint density at radius 1 is 1.22 bits per heavy atom. The summed E-state index contributed by atoms with van der Waals surface area (Å²) in [7, 11) is 1.25. The standard InChI is InChI=1S/C19H17ClO7/c1-23-19(22)15-5-4-13(27-15)11-26-17(21)6-3-12-9-14(20)18-16(10-12)24-7-2-8-25-18/h3-6,9-10H,2,7-8,11H2,1H3/b6-3+. The molecular weight excluding hydrogens is 376 g/mol. The Labute approximate surface area is 160 Å². The minimum atomic E-state index is -0.598. The van der Waals surface area contributed by atoms with E-state index in [1.165, 1.54) is 25.3 Å². The average Bonchev–Trinajstić information content (AvgIpc) is 3.01. The van der Waals surface area contributed by atoms with Gasteiger partial charge in [-0.15, -0.1) is 0 Å². The van der Waals surface area contributed by atoms with Gasteiger partial charge in [0, 0.05) is 12.5 Å². The predicted molar refractivity (Wildman–Crippen MR) is 95.9 cm³/mol. The fourth-order valence-electron chi connectivity index (χ4n) is 2.37. The third-order valence-electron chi connectivity index (χ3n) is 3.64. The van der Waals surface area contributed by atoms with Crippen molar-refractivity contribution in [2.24, 2.45) is 0 Å². The highest BCUT2D eigenvalue weighted by molar-refractivity contribution is 6.32. The van der Waals surface area contributed by atoms with Crippen LogP contribution in [0.4, 0.5) is 0 Å². The second-order valence-electron chi connectivity index (χ2n) is 5.58. The minimum absolute atomic E-state index is 0.0425. The molecule has 142 valence electrons. The molecule has 2 heterocycles. The molecule has 1 aliphatic heterocycles. The number of methoxy groups -OCH3 is 1. The lowest BCUT2D eigenvalue weighted by atomic mass is 10.2. The van der Waals surface area contributed by atoms with Crippen LogP contribution in [0, 0.1) is 0 Å². The summed E-state index contributed by atoms with van der Waals surface area (Å²) in [5, 5.41) is 0.411. The molecule has 0 bridgehead atoms. The quantitative estimate of drug-likeness (QED) is 0.567. The van der Waals surface area contributed by atoms with E-state index in [0.717, 1.165) is 6.42 Å². The molecule has 2 aromatic rings. The smallest absolute Gasteiger partial charge is 0.373 e. The topological polar surface area (TPSA) is 84.2 Å². The molecule has 0 saturated carbocycles. The lowest BCUT2D eigenvalue weighted by Crippen LogP contribution is -2.01. The molecule has 3 rings (SSSR count). The van der Waals surface area contributed by atoms with Crippen molar-refractivity contribution < 1.29 is 33.0 Å². The molecule has 1 aliphatic rings. The van der Waals surface area contributed by atoms with E-state index in [1.54, 1.807) is 18.2 Å². The number of halogens is 1. The summed E-state index contributed by atoms with van der Waals surface area (Å²) >= 11 is 6.21. The zero-order valence-electron chi connectivity index (χ0n) is 14.5. The highest BCUT2D eigenvalue weighted by Crippen LogP contribution is 2.38. The van der Waals surface area contributed by atoms with Gasteiger partial charge in [0.15, 0.2) is 11.5 Å². The fraction of sp³-hybridized carbons (Fsp3) is 0.263. The molecule has 0 N–H and O–H groups in total. The second kappa shape index (κ2) is 8.64. The van der Waals surface area contributed by atoms with Gasteiger partial charge < -0.3 is 23.4 Å². The van der Waals surface area contributed by atoms with E-state index < -0.39 is 11.9 Å². The number of esters is 2. The van der Waals surface area contributed by atoms with Crippen LogP contribution < -0.4 is 9.47 Å². The van der Waals surface area contributed by atoms with E-state index in [4.69, 9.17) is 30.2 Å². The summed E-state index contributed by atoms with van der Waals surface area (Å²) in [6.07, 6.45) is 3.59. The molecule has 1 aromatic heterocycles. The highest BCUT2D eigenvalue weighted by Gasteiger charge is 2.15. The maximum atomic E-state index is 11.9. The third kappa shape index (κ3) is 4.83. The van der Waals surface area contributed by atoms with Crippen molar-refractivity contribution in [2.75, 3.05) is 20.3 Å². The Bertz CT molecular complexity index is 869. The van der Waals surface area contributed by atoms with Crippen LogP contribution in [0.3, 0.4) is 0 Å². The summed E-state index contributed by atoms with van der Waals surface area (Å²) in [6, 6.07) is 6.40. The summed E-state index contributed by atoms with van der Waals surface area (Å²) in [5.41, 5.74) is 0.673. The van der Waals surface area contributed by atoms with Crippen LogP contribution in [0.15, 0.2) is 34.8 Å². The molecule has 0 amide bonds. The van der Waals surface area contributed by atoms with Crippen molar-refractivity contribution >= 4 is 29.6 Å². The molecule has 0 spiro atoms. The lowest BCUT2D eigenvalue weighted by molar-refractivity contribution is -0.139. The SMILES string of the molecule is COC(=O)c1ccc(COC(=O)/C=C/c2cc(Cl)c3c(c2)OCCCO3)o1. The maximum absolute atomic E-state index is 11.9. The van der Waals surface area contributed by atoms with Gasteiger partial charge in [-0.3, -0.25) is 0 Å². The number of ether oxygens (including phenoxy) is 4. The zero-order chi connectivity index (χ0) is 19.2. The van der Waals surface area contributed by atoms with E-state index in [2.05, 4.69) is 4.74 Å². The molecular formula is C19H17ClO7. The van der Waals surface area contributed by atoms with Gasteiger partial charge in [0.1, 0.15) is 12.4 Å². The normalized spacial score (nSPS) is 13.3. The van der Waals surface area contributed by atoms with Crippen LogP contribution in [-0.2, 0) is 20.9 Å². The van der Waals surface area contributed by atoms with Gasteiger partial charge in [0.05, 0.1) is 25.3 Å². The number of rotatable bonds is 5. The number of hydrogen-bond donors (Lipinski definition) is 0. The van der Waals surface area contributed by atoms with E-state index in [9.17, 15) is 9.59 Å². The molecule has 0 atom stereocenters. The number of benzene rings is 1. The van der Waals surface area contributed by atoms with Crippen LogP contribution in [0.5, 0.6) is 11.5 Å². The minimum Gasteiger partial charge on any atom is -0.489 e. The van der Waals surface area contributed by atoms with Gasteiger partial charge in [-0.2, -0.15) is 0 Å². The molecule has 27 heavy (non-hydrogen) atoms. The van der Waals surface area contributed by atoms with Gasteiger partial charge in [-0.05, 0) is 35.9 Å². The Morgan fingerprint density at radius 3 is 2.85 bits per heavy atom. The van der Waals surface area contributed by atoms with E-state index in [-0.39, 0.29) is 12.4 Å². The lowest BCUT2D eigenvalue weighted by Gasteiger charge is -2.09. The summed E-state index contributed by atoms with van der Waals surface area (Å²) in [5.74, 6) is 0.247. The second-order valence-corrected chi connectivity index (χ2v) is 5.99. The Balaban J connectivity index is 1.60. The summed E-state index contributed by atoms with van der Waals surface area (Å²) in [6.45, 7) is 0.968. The number of carbonyl (C=O) groups excluding carboxylic acids is 2. The highest BCUT2D eigenvalue weighted by atomic mass is 35.5. The molecule has 0 fully saturated rings. The van der Waals surface area contributed by atoms with Crippen molar-refractivity contribution in [1.29, 1.82) is 0 Å². The van der Waals surface area contributed by atoms with Gasteiger partial charge in [-0.1, -0.05) is 11.6 Å². The number of hydrogen-bond acceptors (Lipinski definition) is 7. The van der Waals surface area contributed by atoms with Crippen LogP contribution in [0.2, 0.25) is 5.02 Å². The van der Waals surface area contributed by atoms with Crippen molar-refractivity contribution in [3.05, 3.63) is 52.4 Å². The van der Waals surface area contributed by atoms with Crippen molar-refractivity contribution in [3.63, 3.8) is 0 Å². The monoisotopic (exact) mass is 392 g/mol. The number of furan rings is 1. The maximum Gasteiger partial charge on any atom is 0.373 e. The van der Waals surface area contributed by atoms with Crippen molar-refractivity contribution in [2.45, 2.75) is 13.0 Å². The summed E-state index contributed by atoms with van der Waals surface area (Å²) < 4.78 is 26.0. The van der Waals surface area contributed by atoms with Crippen molar-refractivity contribution in [1.82, 2.24) is 0 Å². The summed E-state index contributed by atoms with van der Waals surface area (Å²) in [4.78, 5) is 23.2. The van der Waals surface area contributed by atoms with E-state index >= 15 is 0 Å². The molecule has 7 nitrogen and oxygen atoms in total. The van der Waals surface area contributed by atoms with Crippen LogP contribution in [-0.4, -0.2) is 32.3 Å². The Kier molecular flexibility index (Phi) is 6.03. The van der Waals surface area contributed by atoms with Gasteiger partial charge >= 0.3 is 11.9 Å². The Hall–Kier alpha value is -2.93. The molecule has 0 unspecified atom stereocenters. The molecule has 0 aliphatic carbocycles. The molecule has 8 heteroatoms. The van der Waals surface area contributed by atoms with Gasteiger partial charge in [0.2, 0.25) is 5.76 Å². The first-order valence-corrected chi connectivity index (χ1v) is 8.55. The fourth-order valence-corrected chi connectivity index (χ4v) is 2.64. The number of carbonyl (C=O) groups is 2. The average molecular weight is 393 g/mol. The molecule has 0 saturated heterocycles.